The van der Waals surface area contributed by atoms with E-state index >= 15 is 0 Å². The Labute approximate surface area is 219 Å². The molecule has 0 N–H and O–H groups in total. The molecule has 0 saturated heterocycles. The highest BCUT2D eigenvalue weighted by molar-refractivity contribution is 7.11. The van der Waals surface area contributed by atoms with Crippen LogP contribution >= 0.6 is 11.3 Å². The number of fused-ring (bicyclic) bond motifs is 1. The summed E-state index contributed by atoms with van der Waals surface area (Å²) < 4.78 is 0. The molecule has 0 fully saturated rings. The van der Waals surface area contributed by atoms with Gasteiger partial charge in [-0.1, -0.05) is 67.1 Å². The molecule has 1 aromatic heterocycles. The summed E-state index contributed by atoms with van der Waals surface area (Å²) in [6.07, 6.45) is 7.34. The van der Waals surface area contributed by atoms with E-state index in [1.54, 1.807) is 11.3 Å². The molecule has 0 spiro atoms. The van der Waals surface area contributed by atoms with E-state index in [4.69, 9.17) is 4.98 Å². The number of amides is 1. The Kier molecular flexibility index (Phi) is 7.10. The summed E-state index contributed by atoms with van der Waals surface area (Å²) in [5.41, 5.74) is 8.62. The van der Waals surface area contributed by atoms with Gasteiger partial charge in [-0.05, 0) is 55.5 Å². The van der Waals surface area contributed by atoms with Gasteiger partial charge in [-0.25, -0.2) is 4.98 Å². The minimum Gasteiger partial charge on any atom is -0.356 e. The monoisotopic (exact) mass is 497 g/mol. The predicted molar refractivity (Wildman–Crippen MR) is 150 cm³/mol. The highest BCUT2D eigenvalue weighted by Crippen LogP contribution is 2.34. The minimum absolute atomic E-state index is 0.105. The normalized spacial score (nSPS) is 17.8. The number of rotatable bonds is 5. The fourth-order valence-corrected chi connectivity index (χ4v) is 6.36. The molecule has 0 bridgehead atoms. The van der Waals surface area contributed by atoms with Gasteiger partial charge >= 0.3 is 0 Å². The van der Waals surface area contributed by atoms with E-state index in [0.717, 1.165) is 48.6 Å². The van der Waals surface area contributed by atoms with Crippen molar-refractivity contribution in [3.8, 4) is 0 Å². The van der Waals surface area contributed by atoms with Crippen molar-refractivity contribution in [3.63, 3.8) is 0 Å². The molecule has 2 aliphatic rings. The second kappa shape index (κ2) is 10.4. The summed E-state index contributed by atoms with van der Waals surface area (Å²) in [7, 11) is 0. The van der Waals surface area contributed by atoms with Crippen LogP contribution in [0.15, 0.2) is 60.7 Å². The van der Waals surface area contributed by atoms with Gasteiger partial charge < -0.3 is 9.80 Å². The summed E-state index contributed by atoms with van der Waals surface area (Å²) in [4.78, 5) is 23.9. The average molecular weight is 498 g/mol. The number of nitrogens with zero attached hydrogens (tertiary/aromatic N) is 3. The third-order valence-electron chi connectivity index (χ3n) is 7.31. The first kappa shape index (κ1) is 24.5. The molecule has 0 aliphatic carbocycles. The van der Waals surface area contributed by atoms with Crippen molar-refractivity contribution >= 4 is 28.5 Å². The van der Waals surface area contributed by atoms with Crippen molar-refractivity contribution in [1.29, 1.82) is 0 Å². The number of allylic oxidation sites excluding steroid dienone is 2. The maximum Gasteiger partial charge on any atom is 0.242 e. The summed E-state index contributed by atoms with van der Waals surface area (Å²) in [5.74, 6) is 0.192. The third kappa shape index (κ3) is 5.03. The van der Waals surface area contributed by atoms with E-state index in [9.17, 15) is 4.79 Å². The fourth-order valence-electron chi connectivity index (χ4n) is 5.39. The van der Waals surface area contributed by atoms with Crippen LogP contribution in [0.25, 0.3) is 11.3 Å². The molecule has 3 aromatic rings. The highest BCUT2D eigenvalue weighted by atomic mass is 32.1. The van der Waals surface area contributed by atoms with Crippen LogP contribution in [-0.4, -0.2) is 46.4 Å². The van der Waals surface area contributed by atoms with Crippen LogP contribution in [0.1, 0.15) is 51.7 Å². The van der Waals surface area contributed by atoms with E-state index in [1.165, 1.54) is 32.8 Å². The first-order chi connectivity index (χ1) is 17.4. The molecule has 36 heavy (non-hydrogen) atoms. The molecule has 2 aliphatic heterocycles. The Morgan fingerprint density at radius 1 is 1.08 bits per heavy atom. The molecule has 0 radical (unpaired) electrons. The summed E-state index contributed by atoms with van der Waals surface area (Å²) in [6.45, 7) is 10.5. The zero-order valence-electron chi connectivity index (χ0n) is 21.8. The molecule has 1 unspecified atom stereocenters. The van der Waals surface area contributed by atoms with Crippen LogP contribution < -0.4 is 0 Å². The zero-order valence-corrected chi connectivity index (χ0v) is 22.6. The van der Waals surface area contributed by atoms with Crippen LogP contribution in [0.5, 0.6) is 0 Å². The number of hydrogen-bond acceptors (Lipinski definition) is 4. The molecule has 1 atom stereocenters. The third-order valence-corrected chi connectivity index (χ3v) is 8.38. The van der Waals surface area contributed by atoms with Crippen molar-refractivity contribution in [2.24, 2.45) is 0 Å². The van der Waals surface area contributed by atoms with Gasteiger partial charge in [-0.15, -0.1) is 11.3 Å². The van der Waals surface area contributed by atoms with Gasteiger partial charge in [0.05, 0.1) is 17.2 Å². The van der Waals surface area contributed by atoms with Gasteiger partial charge in [0.1, 0.15) is 0 Å². The van der Waals surface area contributed by atoms with E-state index < -0.39 is 0 Å². The van der Waals surface area contributed by atoms with Crippen LogP contribution in [0.3, 0.4) is 0 Å². The zero-order chi connectivity index (χ0) is 25.2. The number of thiazole rings is 1. The fraction of sp³-hybridized carbons (Fsp3) is 0.355. The Bertz CT molecular complexity index is 1300. The molecule has 3 heterocycles. The quantitative estimate of drug-likeness (QED) is 0.429. The molecule has 1 amide bonds. The standard InChI is InChI=1S/C31H35N3OS/c1-5-24-17-21(2)11-12-27(24)26-18-22(3)34(29(19-26)25-9-7-6-8-10-25)20-31(35)33-15-13-28-30(14-16-33)36-23(4)32-28/h6-12,17-19,22H,5,13-16,20H2,1-4H3. The van der Waals surface area contributed by atoms with Crippen LogP contribution in [-0.2, 0) is 24.1 Å². The first-order valence-corrected chi connectivity index (χ1v) is 13.8. The Hall–Kier alpha value is -3.18. The van der Waals surface area contributed by atoms with Gasteiger partial charge in [0, 0.05) is 42.5 Å². The van der Waals surface area contributed by atoms with Crippen LogP contribution in [0.4, 0.5) is 0 Å². The Balaban J connectivity index is 1.42. The maximum atomic E-state index is 13.6. The summed E-state index contributed by atoms with van der Waals surface area (Å²) >= 11 is 1.78. The summed E-state index contributed by atoms with van der Waals surface area (Å²) in [6, 6.07) is 17.3. The second-order valence-electron chi connectivity index (χ2n) is 9.88. The SMILES string of the molecule is CCc1cc(C)ccc1C1=CC(C)N(CC(=O)N2CCc3nc(C)sc3CC2)C(c2ccccc2)=C1. The lowest BCUT2D eigenvalue weighted by Gasteiger charge is -2.37. The van der Waals surface area contributed by atoms with Crippen molar-refractivity contribution < 1.29 is 4.79 Å². The molecular formula is C31H35N3OS. The number of aryl methyl sites for hydroxylation is 3. The lowest BCUT2D eigenvalue weighted by molar-refractivity contribution is -0.131. The van der Waals surface area contributed by atoms with Crippen molar-refractivity contribution in [3.05, 3.63) is 98.5 Å². The van der Waals surface area contributed by atoms with Gasteiger partial charge in [0.25, 0.3) is 0 Å². The van der Waals surface area contributed by atoms with E-state index in [-0.39, 0.29) is 11.9 Å². The number of benzene rings is 2. The van der Waals surface area contributed by atoms with E-state index in [0.29, 0.717) is 6.54 Å². The van der Waals surface area contributed by atoms with Gasteiger partial charge in [0.2, 0.25) is 5.91 Å². The average Bonchev–Trinajstić information content (AvgIpc) is 3.12. The maximum absolute atomic E-state index is 13.6. The highest BCUT2D eigenvalue weighted by Gasteiger charge is 2.28. The van der Waals surface area contributed by atoms with Gasteiger partial charge in [0.15, 0.2) is 0 Å². The topological polar surface area (TPSA) is 36.4 Å². The number of aromatic nitrogens is 1. The Morgan fingerprint density at radius 2 is 1.86 bits per heavy atom. The number of carbonyl (C=O) groups excluding carboxylic acids is 1. The number of hydrogen-bond donors (Lipinski definition) is 0. The molecule has 186 valence electrons. The lowest BCUT2D eigenvalue weighted by atomic mass is 9.91. The number of carbonyl (C=O) groups is 1. The van der Waals surface area contributed by atoms with Crippen LogP contribution in [0.2, 0.25) is 0 Å². The van der Waals surface area contributed by atoms with Gasteiger partial charge in [-0.3, -0.25) is 4.79 Å². The molecule has 0 saturated carbocycles. The van der Waals surface area contributed by atoms with Crippen molar-refractivity contribution in [2.75, 3.05) is 19.6 Å². The minimum atomic E-state index is 0.105. The Morgan fingerprint density at radius 3 is 2.64 bits per heavy atom. The van der Waals surface area contributed by atoms with Gasteiger partial charge in [-0.2, -0.15) is 0 Å². The molecule has 5 rings (SSSR count). The van der Waals surface area contributed by atoms with Crippen molar-refractivity contribution in [1.82, 2.24) is 14.8 Å². The largest absolute Gasteiger partial charge is 0.356 e. The van der Waals surface area contributed by atoms with Crippen LogP contribution in [0, 0.1) is 13.8 Å². The lowest BCUT2D eigenvalue weighted by Crippen LogP contribution is -2.44. The molecule has 2 aromatic carbocycles. The predicted octanol–water partition coefficient (Wildman–Crippen LogP) is 6.08. The smallest absolute Gasteiger partial charge is 0.242 e. The van der Waals surface area contributed by atoms with Crippen molar-refractivity contribution in [2.45, 2.75) is 53.0 Å². The van der Waals surface area contributed by atoms with E-state index in [2.05, 4.69) is 87.2 Å². The molecular weight excluding hydrogens is 462 g/mol. The molecule has 4 nitrogen and oxygen atoms in total. The first-order valence-electron chi connectivity index (χ1n) is 13.0. The second-order valence-corrected chi connectivity index (χ2v) is 11.2. The van der Waals surface area contributed by atoms with E-state index in [1.807, 2.05) is 11.0 Å². The summed E-state index contributed by atoms with van der Waals surface area (Å²) in [5, 5.41) is 1.13. The molecule has 5 heteroatoms.